The number of rotatable bonds is 5. The molecule has 0 amide bonds. The van der Waals surface area contributed by atoms with Gasteiger partial charge < -0.3 is 5.32 Å². The van der Waals surface area contributed by atoms with E-state index in [0.717, 1.165) is 21.8 Å². The van der Waals surface area contributed by atoms with Gasteiger partial charge in [-0.3, -0.25) is 4.79 Å². The van der Waals surface area contributed by atoms with Crippen LogP contribution < -0.4 is 5.32 Å². The van der Waals surface area contributed by atoms with Crippen LogP contribution in [-0.4, -0.2) is 17.3 Å². The fraction of sp³-hybridized carbons (Fsp3) is 0.0909. The molecule has 0 saturated heterocycles. The SMILES string of the molecule is Cc1ccc2nc(-c3ccc(NCC(=O)c4ccc(F)cc4)cc3)sc2c1. The molecule has 0 aliphatic carbocycles. The highest BCUT2D eigenvalue weighted by molar-refractivity contribution is 7.21. The number of benzene rings is 3. The van der Waals surface area contributed by atoms with Gasteiger partial charge in [0, 0.05) is 16.8 Å². The lowest BCUT2D eigenvalue weighted by Crippen LogP contribution is -2.13. The number of hydrogen-bond acceptors (Lipinski definition) is 4. The molecule has 1 N–H and O–H groups in total. The van der Waals surface area contributed by atoms with Crippen molar-refractivity contribution < 1.29 is 9.18 Å². The van der Waals surface area contributed by atoms with Gasteiger partial charge in [0.2, 0.25) is 0 Å². The Hall–Kier alpha value is -3.05. The summed E-state index contributed by atoms with van der Waals surface area (Å²) in [4.78, 5) is 16.8. The molecule has 0 saturated carbocycles. The number of anilines is 1. The minimum absolute atomic E-state index is 0.0828. The fourth-order valence-corrected chi connectivity index (χ4v) is 3.88. The van der Waals surface area contributed by atoms with E-state index < -0.39 is 0 Å². The first kappa shape index (κ1) is 17.4. The summed E-state index contributed by atoms with van der Waals surface area (Å²) in [5.41, 5.74) is 4.62. The number of nitrogens with zero attached hydrogens (tertiary/aromatic N) is 1. The van der Waals surface area contributed by atoms with Crippen LogP contribution in [0.15, 0.2) is 66.7 Å². The van der Waals surface area contributed by atoms with E-state index in [1.165, 1.54) is 34.5 Å². The highest BCUT2D eigenvalue weighted by atomic mass is 32.1. The van der Waals surface area contributed by atoms with Crippen molar-refractivity contribution in [2.45, 2.75) is 6.92 Å². The number of carbonyl (C=O) groups excluding carboxylic acids is 1. The van der Waals surface area contributed by atoms with E-state index in [1.807, 2.05) is 30.3 Å². The Morgan fingerprint density at radius 1 is 1.04 bits per heavy atom. The molecule has 0 bridgehead atoms. The van der Waals surface area contributed by atoms with Crippen molar-refractivity contribution in [1.29, 1.82) is 0 Å². The first-order valence-electron chi connectivity index (χ1n) is 8.59. The van der Waals surface area contributed by atoms with Gasteiger partial charge >= 0.3 is 0 Å². The van der Waals surface area contributed by atoms with Crippen LogP contribution in [0.2, 0.25) is 0 Å². The lowest BCUT2D eigenvalue weighted by atomic mass is 10.1. The molecule has 4 rings (SSSR count). The molecule has 4 aromatic rings. The van der Waals surface area contributed by atoms with Gasteiger partial charge in [-0.15, -0.1) is 11.3 Å². The van der Waals surface area contributed by atoms with Crippen LogP contribution in [0.4, 0.5) is 10.1 Å². The van der Waals surface area contributed by atoms with Crippen molar-refractivity contribution in [2.75, 3.05) is 11.9 Å². The number of ketones is 1. The van der Waals surface area contributed by atoms with Crippen LogP contribution in [0.1, 0.15) is 15.9 Å². The molecule has 0 aliphatic rings. The molecular formula is C22H17FN2OS. The molecule has 1 heterocycles. The number of fused-ring (bicyclic) bond motifs is 1. The van der Waals surface area contributed by atoms with Crippen LogP contribution in [0.25, 0.3) is 20.8 Å². The van der Waals surface area contributed by atoms with Gasteiger partial charge in [-0.05, 0) is 73.2 Å². The van der Waals surface area contributed by atoms with E-state index >= 15 is 0 Å². The third-order valence-corrected chi connectivity index (χ3v) is 5.36. The van der Waals surface area contributed by atoms with Gasteiger partial charge in [-0.1, -0.05) is 6.07 Å². The second kappa shape index (κ2) is 7.29. The Morgan fingerprint density at radius 2 is 1.78 bits per heavy atom. The molecule has 3 nitrogen and oxygen atoms in total. The average Bonchev–Trinajstić information content (AvgIpc) is 3.10. The summed E-state index contributed by atoms with van der Waals surface area (Å²) in [6, 6.07) is 19.7. The number of aryl methyl sites for hydroxylation is 1. The van der Waals surface area contributed by atoms with Crippen molar-refractivity contribution in [2.24, 2.45) is 0 Å². The minimum Gasteiger partial charge on any atom is -0.378 e. The number of Topliss-reactive ketones (excluding diaryl/α,β-unsaturated/α-hetero) is 1. The van der Waals surface area contributed by atoms with E-state index in [0.29, 0.717) is 5.56 Å². The topological polar surface area (TPSA) is 42.0 Å². The summed E-state index contributed by atoms with van der Waals surface area (Å²) in [5.74, 6) is -0.430. The maximum absolute atomic E-state index is 12.9. The zero-order valence-corrected chi connectivity index (χ0v) is 15.5. The lowest BCUT2D eigenvalue weighted by Gasteiger charge is -2.06. The van der Waals surface area contributed by atoms with E-state index in [2.05, 4.69) is 29.4 Å². The molecule has 0 unspecified atom stereocenters. The van der Waals surface area contributed by atoms with Crippen molar-refractivity contribution in [3.8, 4) is 10.6 Å². The Balaban J connectivity index is 1.45. The highest BCUT2D eigenvalue weighted by Gasteiger charge is 2.08. The van der Waals surface area contributed by atoms with Crippen LogP contribution >= 0.6 is 11.3 Å². The van der Waals surface area contributed by atoms with Gasteiger partial charge in [-0.25, -0.2) is 9.37 Å². The molecule has 0 spiro atoms. The maximum Gasteiger partial charge on any atom is 0.181 e. The Bertz CT molecular complexity index is 1100. The lowest BCUT2D eigenvalue weighted by molar-refractivity contribution is 0.101. The number of aromatic nitrogens is 1. The van der Waals surface area contributed by atoms with Crippen LogP contribution in [0.5, 0.6) is 0 Å². The molecular weight excluding hydrogens is 359 g/mol. The van der Waals surface area contributed by atoms with E-state index in [4.69, 9.17) is 0 Å². The third kappa shape index (κ3) is 3.88. The quantitative estimate of drug-likeness (QED) is 0.454. The predicted molar refractivity (Wildman–Crippen MR) is 109 cm³/mol. The average molecular weight is 376 g/mol. The summed E-state index contributed by atoms with van der Waals surface area (Å²) in [6.07, 6.45) is 0. The van der Waals surface area contributed by atoms with Gasteiger partial charge in [0.15, 0.2) is 5.78 Å². The van der Waals surface area contributed by atoms with Crippen LogP contribution in [0, 0.1) is 12.7 Å². The second-order valence-electron chi connectivity index (χ2n) is 6.35. The molecule has 0 atom stereocenters. The normalized spacial score (nSPS) is 10.9. The van der Waals surface area contributed by atoms with Crippen molar-refractivity contribution in [3.05, 3.63) is 83.7 Å². The predicted octanol–water partition coefficient (Wildman–Crippen LogP) is 5.71. The number of halogens is 1. The third-order valence-electron chi connectivity index (χ3n) is 4.30. The van der Waals surface area contributed by atoms with E-state index in [9.17, 15) is 9.18 Å². The molecule has 1 aromatic heterocycles. The Kier molecular flexibility index (Phi) is 4.69. The smallest absolute Gasteiger partial charge is 0.181 e. The Morgan fingerprint density at radius 3 is 2.52 bits per heavy atom. The van der Waals surface area contributed by atoms with Crippen molar-refractivity contribution >= 4 is 33.0 Å². The number of carbonyl (C=O) groups is 1. The van der Waals surface area contributed by atoms with Crippen molar-refractivity contribution in [1.82, 2.24) is 4.98 Å². The maximum atomic E-state index is 12.9. The number of nitrogens with one attached hydrogen (secondary N) is 1. The Labute approximate surface area is 160 Å². The van der Waals surface area contributed by atoms with E-state index in [-0.39, 0.29) is 18.1 Å². The summed E-state index contributed by atoms with van der Waals surface area (Å²) >= 11 is 1.67. The second-order valence-corrected chi connectivity index (χ2v) is 7.38. The van der Waals surface area contributed by atoms with Crippen LogP contribution in [0.3, 0.4) is 0 Å². The highest BCUT2D eigenvalue weighted by Crippen LogP contribution is 2.31. The number of thiazole rings is 1. The fourth-order valence-electron chi connectivity index (χ4n) is 2.81. The standard InChI is InChI=1S/C22H17FN2OS/c1-14-2-11-19-21(12-14)27-22(25-19)16-5-9-18(10-6-16)24-13-20(26)15-3-7-17(23)8-4-15/h2-12,24H,13H2,1H3. The summed E-state index contributed by atoms with van der Waals surface area (Å²) < 4.78 is 14.1. The zero-order chi connectivity index (χ0) is 18.8. The first-order chi connectivity index (χ1) is 13.1. The summed E-state index contributed by atoms with van der Waals surface area (Å²) in [6.45, 7) is 2.23. The van der Waals surface area contributed by atoms with Crippen LogP contribution in [-0.2, 0) is 0 Å². The van der Waals surface area contributed by atoms with Gasteiger partial charge in [0.1, 0.15) is 10.8 Å². The summed E-state index contributed by atoms with van der Waals surface area (Å²) in [7, 11) is 0. The molecule has 5 heteroatoms. The molecule has 0 fully saturated rings. The van der Waals surface area contributed by atoms with Gasteiger partial charge in [-0.2, -0.15) is 0 Å². The van der Waals surface area contributed by atoms with Gasteiger partial charge in [0.25, 0.3) is 0 Å². The van der Waals surface area contributed by atoms with E-state index in [1.54, 1.807) is 11.3 Å². The minimum atomic E-state index is -0.347. The van der Waals surface area contributed by atoms with Crippen molar-refractivity contribution in [3.63, 3.8) is 0 Å². The largest absolute Gasteiger partial charge is 0.378 e. The number of hydrogen-bond donors (Lipinski definition) is 1. The zero-order valence-electron chi connectivity index (χ0n) is 14.7. The molecule has 0 aliphatic heterocycles. The summed E-state index contributed by atoms with van der Waals surface area (Å²) in [5, 5.41) is 4.09. The monoisotopic (exact) mass is 376 g/mol. The first-order valence-corrected chi connectivity index (χ1v) is 9.40. The molecule has 0 radical (unpaired) electrons. The molecule has 27 heavy (non-hydrogen) atoms. The molecule has 3 aromatic carbocycles. The van der Waals surface area contributed by atoms with Gasteiger partial charge in [0.05, 0.1) is 16.8 Å². The molecule has 134 valence electrons.